The minimum absolute atomic E-state index is 0. The Balaban J connectivity index is 0. The van der Waals surface area contributed by atoms with E-state index in [9.17, 15) is 0 Å². The third kappa shape index (κ3) is 31.0. The third-order valence-electron chi connectivity index (χ3n) is 0. The summed E-state index contributed by atoms with van der Waals surface area (Å²) in [6.45, 7) is 0. The van der Waals surface area contributed by atoms with Gasteiger partial charge >= 0.3 is 0 Å². The minimum atomic E-state index is 0. The molecule has 0 aromatic carbocycles. The van der Waals surface area contributed by atoms with Crippen molar-refractivity contribution < 1.29 is 31.4 Å². The first kappa shape index (κ1) is 91.7. The Bertz CT molecular complexity index is 7.61. The molecule has 0 bridgehead atoms. The molecule has 5 heteroatoms. The number of hydrogen-bond donors (Lipinski definition) is 0. The predicted octanol–water partition coefficient (Wildman–Crippen LogP) is -1.54. The molecule has 0 aliphatic heterocycles. The summed E-state index contributed by atoms with van der Waals surface area (Å²) in [5, 5.41) is 0. The molecule has 0 rings (SSSR count). The minimum Gasteiger partial charge on any atom is -0.412 e. The van der Waals surface area contributed by atoms with Crippen LogP contribution in [0.3, 0.4) is 0 Å². The zero-order valence-corrected chi connectivity index (χ0v) is 7.11. The van der Waals surface area contributed by atoms with Crippen molar-refractivity contribution in [2.24, 2.45) is 0 Å². The van der Waals surface area contributed by atoms with Crippen LogP contribution in [0.15, 0.2) is 0 Å². The van der Waals surface area contributed by atoms with Crippen LogP contribution in [0, 0.1) is 0 Å². The quantitative estimate of drug-likeness (QED) is 0.344. The maximum absolute atomic E-state index is 0. The molecule has 5 heavy (non-hydrogen) atoms. The van der Waals surface area contributed by atoms with Gasteiger partial charge < -0.3 is 11.0 Å². The van der Waals surface area contributed by atoms with E-state index in [-0.39, 0.29) is 51.2 Å². The molecule has 0 spiro atoms. The smallest absolute Gasteiger partial charge is 0 e. The number of hydrogen-bond acceptors (Lipinski definition) is 0. The first-order chi connectivity index (χ1) is 0. The van der Waals surface area contributed by atoms with E-state index in [0.717, 1.165) is 0 Å². The van der Waals surface area contributed by atoms with Crippen molar-refractivity contribution in [1.82, 2.24) is 0 Å². The Kier molecular flexibility index (Phi) is 947. The van der Waals surface area contributed by atoms with Gasteiger partial charge in [-0.05, 0) is 0 Å². The van der Waals surface area contributed by atoms with Crippen LogP contribution < -0.4 is 0 Å². The fourth-order valence-electron chi connectivity index (χ4n) is 0. The molecule has 2 unspecified atom stereocenters. The van der Waals surface area contributed by atoms with E-state index < -0.39 is 0 Å². The SMILES string of the molecule is O.O.P.P.[Pd]. The van der Waals surface area contributed by atoms with Gasteiger partial charge in [0.1, 0.15) is 0 Å². The van der Waals surface area contributed by atoms with Gasteiger partial charge in [-0.25, -0.2) is 0 Å². The van der Waals surface area contributed by atoms with Crippen LogP contribution in [0.4, 0.5) is 0 Å². The van der Waals surface area contributed by atoms with Crippen LogP contribution in [0.2, 0.25) is 0 Å². The first-order valence-electron chi connectivity index (χ1n) is 0. The summed E-state index contributed by atoms with van der Waals surface area (Å²) < 4.78 is 0. The normalized spacial score (nSPS) is 0. The molecule has 0 aromatic heterocycles. The van der Waals surface area contributed by atoms with E-state index in [0.29, 0.717) is 0 Å². The van der Waals surface area contributed by atoms with E-state index in [1.165, 1.54) is 0 Å². The average molecular weight is 210 g/mol. The first-order valence-corrected chi connectivity index (χ1v) is 0. The Hall–Kier alpha value is 1.44. The Morgan fingerprint density at radius 3 is 0.600 bits per heavy atom. The van der Waals surface area contributed by atoms with Crippen LogP contribution in [0.1, 0.15) is 0 Å². The van der Waals surface area contributed by atoms with Gasteiger partial charge in [0.25, 0.3) is 0 Å². The summed E-state index contributed by atoms with van der Waals surface area (Å²) in [5.74, 6) is 0. The molecule has 4 N–H and O–H groups in total. The fraction of sp³-hybridized carbons (Fsp3) is 0. The van der Waals surface area contributed by atoms with Crippen molar-refractivity contribution in [3.8, 4) is 0 Å². The standard InChI is InChI=1S/2H2O.2H3P.Pd/h2*1H2;2*1H3;. The van der Waals surface area contributed by atoms with Crippen molar-refractivity contribution in [3.05, 3.63) is 0 Å². The largest absolute Gasteiger partial charge is 0.412 e. The molecule has 0 heterocycles. The van der Waals surface area contributed by atoms with E-state index in [1.807, 2.05) is 0 Å². The fourth-order valence-corrected chi connectivity index (χ4v) is 0. The van der Waals surface area contributed by atoms with Gasteiger partial charge in [0.15, 0.2) is 0 Å². The van der Waals surface area contributed by atoms with Gasteiger partial charge in [0.2, 0.25) is 0 Å². The molecule has 0 aliphatic carbocycles. The molecule has 0 saturated carbocycles. The van der Waals surface area contributed by atoms with Crippen LogP contribution in [0.5, 0.6) is 0 Å². The second-order valence-corrected chi connectivity index (χ2v) is 0. The molecule has 0 aliphatic rings. The van der Waals surface area contributed by atoms with Crippen LogP contribution in [0.25, 0.3) is 0 Å². The maximum atomic E-state index is 0. The molecule has 0 amide bonds. The molecule has 0 fully saturated rings. The third-order valence-corrected chi connectivity index (χ3v) is 0. The van der Waals surface area contributed by atoms with Gasteiger partial charge in [0, 0.05) is 20.4 Å². The van der Waals surface area contributed by atoms with Crippen molar-refractivity contribution >= 4 is 19.8 Å². The molecule has 0 saturated heterocycles. The Morgan fingerprint density at radius 1 is 0.600 bits per heavy atom. The molecular weight excluding hydrogens is 200 g/mol. The summed E-state index contributed by atoms with van der Waals surface area (Å²) >= 11 is 0. The topological polar surface area (TPSA) is 63.0 Å². The summed E-state index contributed by atoms with van der Waals surface area (Å²) in [7, 11) is 0. The van der Waals surface area contributed by atoms with E-state index in [2.05, 4.69) is 0 Å². The van der Waals surface area contributed by atoms with Crippen molar-refractivity contribution in [1.29, 1.82) is 0 Å². The van der Waals surface area contributed by atoms with Crippen molar-refractivity contribution in [3.63, 3.8) is 0 Å². The second-order valence-electron chi connectivity index (χ2n) is 0. The average Bonchev–Trinajstić information content (AvgIpc) is 0. The van der Waals surface area contributed by atoms with Gasteiger partial charge in [-0.3, -0.25) is 0 Å². The van der Waals surface area contributed by atoms with Gasteiger partial charge in [-0.1, -0.05) is 0 Å². The van der Waals surface area contributed by atoms with Gasteiger partial charge in [-0.2, -0.15) is 19.8 Å². The molecule has 0 radical (unpaired) electrons. The predicted molar refractivity (Wildman–Crippen MR) is 29.4 cm³/mol. The molecule has 2 nitrogen and oxygen atoms in total. The Labute approximate surface area is 51.6 Å². The van der Waals surface area contributed by atoms with E-state index >= 15 is 0 Å². The molecule has 0 aromatic rings. The number of rotatable bonds is 0. The van der Waals surface area contributed by atoms with Crippen LogP contribution in [-0.4, -0.2) is 11.0 Å². The summed E-state index contributed by atoms with van der Waals surface area (Å²) in [6, 6.07) is 0. The van der Waals surface area contributed by atoms with E-state index in [4.69, 9.17) is 0 Å². The molecule has 2 atom stereocenters. The summed E-state index contributed by atoms with van der Waals surface area (Å²) in [4.78, 5) is 0. The van der Waals surface area contributed by atoms with Crippen molar-refractivity contribution in [2.75, 3.05) is 0 Å². The molecular formula is H10O2P2Pd. The van der Waals surface area contributed by atoms with Crippen LogP contribution in [-0.2, 0) is 20.4 Å². The maximum Gasteiger partial charge on any atom is 0 e. The second kappa shape index (κ2) is 51.6. The Morgan fingerprint density at radius 2 is 0.600 bits per heavy atom. The van der Waals surface area contributed by atoms with Gasteiger partial charge in [-0.15, -0.1) is 0 Å². The monoisotopic (exact) mass is 210 g/mol. The zero-order chi connectivity index (χ0) is 0. The van der Waals surface area contributed by atoms with E-state index in [1.54, 1.807) is 0 Å². The molecule has 42 valence electrons. The summed E-state index contributed by atoms with van der Waals surface area (Å²) in [6.07, 6.45) is 0. The summed E-state index contributed by atoms with van der Waals surface area (Å²) in [5.41, 5.74) is 0. The van der Waals surface area contributed by atoms with Gasteiger partial charge in [0.05, 0.1) is 0 Å². The zero-order valence-electron chi connectivity index (χ0n) is 2.73. The van der Waals surface area contributed by atoms with Crippen LogP contribution >= 0.6 is 19.8 Å². The van der Waals surface area contributed by atoms with Crippen molar-refractivity contribution in [2.45, 2.75) is 0 Å².